The summed E-state index contributed by atoms with van der Waals surface area (Å²) in [5.74, 6) is 1.80. The molecular weight excluding hydrogens is 857 g/mol. The van der Waals surface area contributed by atoms with Crippen LogP contribution in [0.4, 0.5) is 0 Å². The van der Waals surface area contributed by atoms with E-state index in [0.29, 0.717) is 17.5 Å². The van der Waals surface area contributed by atoms with Crippen LogP contribution in [0.25, 0.3) is 94.7 Å². The molecular formula is C63H42N4OSi. The van der Waals surface area contributed by atoms with Crippen molar-refractivity contribution < 1.29 is 4.42 Å². The summed E-state index contributed by atoms with van der Waals surface area (Å²) in [6.45, 7) is 0. The average molecular weight is 899 g/mol. The Morgan fingerprint density at radius 1 is 0.290 bits per heavy atom. The van der Waals surface area contributed by atoms with Gasteiger partial charge in [0.05, 0.1) is 11.0 Å². The van der Waals surface area contributed by atoms with Crippen LogP contribution in [0.5, 0.6) is 0 Å². The SMILES string of the molecule is c1ccc([Si](c2ccccc2)(c2ccccc2)c2ccc(-c3nc(-c4ccc(-n5c6ccccc6c6ccccc65)cc4)nc(-c4cccc(-c5ccc6c(c5)oc5ccccc56)c4)n3)cc2)cc1. The summed E-state index contributed by atoms with van der Waals surface area (Å²) in [6.07, 6.45) is 0. The van der Waals surface area contributed by atoms with E-state index in [9.17, 15) is 0 Å². The van der Waals surface area contributed by atoms with Gasteiger partial charge in [-0.1, -0.05) is 194 Å². The molecule has 10 aromatic carbocycles. The molecule has 324 valence electrons. The molecule has 0 unspecified atom stereocenters. The summed E-state index contributed by atoms with van der Waals surface area (Å²) in [5, 5.41) is 9.91. The third-order valence-corrected chi connectivity index (χ3v) is 18.4. The summed E-state index contributed by atoms with van der Waals surface area (Å²) in [7, 11) is -2.74. The number of rotatable bonds is 9. The Kier molecular flexibility index (Phi) is 9.77. The van der Waals surface area contributed by atoms with E-state index in [0.717, 1.165) is 66.5 Å². The normalized spacial score (nSPS) is 11.8. The minimum Gasteiger partial charge on any atom is -0.456 e. The van der Waals surface area contributed by atoms with Gasteiger partial charge in [0.1, 0.15) is 11.2 Å². The number of para-hydroxylation sites is 3. The number of nitrogens with zero attached hydrogens (tertiary/aromatic N) is 4. The molecule has 5 nitrogen and oxygen atoms in total. The first-order valence-corrected chi connectivity index (χ1v) is 25.3. The van der Waals surface area contributed by atoms with Gasteiger partial charge >= 0.3 is 0 Å². The zero-order valence-electron chi connectivity index (χ0n) is 37.4. The molecule has 0 amide bonds. The van der Waals surface area contributed by atoms with Crippen molar-refractivity contribution in [1.29, 1.82) is 0 Å². The van der Waals surface area contributed by atoms with E-state index in [-0.39, 0.29) is 0 Å². The van der Waals surface area contributed by atoms with Crippen LogP contribution in [0, 0.1) is 0 Å². The van der Waals surface area contributed by atoms with Gasteiger partial charge in [-0.05, 0) is 92.5 Å². The fourth-order valence-electron chi connectivity index (χ4n) is 10.4. The van der Waals surface area contributed by atoms with Gasteiger partial charge in [0, 0.05) is 43.9 Å². The predicted molar refractivity (Wildman–Crippen MR) is 287 cm³/mol. The van der Waals surface area contributed by atoms with Gasteiger partial charge in [-0.2, -0.15) is 0 Å². The smallest absolute Gasteiger partial charge is 0.179 e. The zero-order valence-corrected chi connectivity index (χ0v) is 38.4. The van der Waals surface area contributed by atoms with Crippen molar-refractivity contribution in [2.45, 2.75) is 0 Å². The molecule has 0 fully saturated rings. The molecule has 3 aromatic heterocycles. The lowest BCUT2D eigenvalue weighted by atomic mass is 10.0. The quantitative estimate of drug-likeness (QED) is 0.107. The Morgan fingerprint density at radius 2 is 0.710 bits per heavy atom. The molecule has 0 saturated heterocycles. The van der Waals surface area contributed by atoms with E-state index in [2.05, 4.69) is 247 Å². The van der Waals surface area contributed by atoms with Gasteiger partial charge in [-0.3, -0.25) is 0 Å². The Balaban J connectivity index is 0.950. The number of furan rings is 1. The number of benzene rings is 10. The molecule has 0 aliphatic rings. The lowest BCUT2D eigenvalue weighted by Gasteiger charge is -2.34. The van der Waals surface area contributed by atoms with E-state index in [4.69, 9.17) is 19.4 Å². The lowest BCUT2D eigenvalue weighted by Crippen LogP contribution is -2.74. The summed E-state index contributed by atoms with van der Waals surface area (Å²) >= 11 is 0. The molecule has 6 heteroatoms. The van der Waals surface area contributed by atoms with Crippen molar-refractivity contribution in [3.05, 3.63) is 255 Å². The van der Waals surface area contributed by atoms with Crippen molar-refractivity contribution >= 4 is 72.6 Å². The maximum atomic E-state index is 6.31. The fraction of sp³-hybridized carbons (Fsp3) is 0. The van der Waals surface area contributed by atoms with Gasteiger partial charge in [-0.25, -0.2) is 15.0 Å². The largest absolute Gasteiger partial charge is 0.456 e. The van der Waals surface area contributed by atoms with Crippen LogP contribution in [0.1, 0.15) is 0 Å². The summed E-state index contributed by atoms with van der Waals surface area (Å²) < 4.78 is 8.64. The molecule has 0 radical (unpaired) electrons. The van der Waals surface area contributed by atoms with E-state index in [1.165, 1.54) is 31.5 Å². The molecule has 13 aromatic rings. The van der Waals surface area contributed by atoms with Crippen molar-refractivity contribution in [1.82, 2.24) is 19.5 Å². The molecule has 0 N–H and O–H groups in total. The Bertz CT molecular complexity index is 3850. The first-order chi connectivity index (χ1) is 34.2. The first kappa shape index (κ1) is 40.3. The Labute approximate surface area is 400 Å². The molecule has 0 aliphatic heterocycles. The minimum absolute atomic E-state index is 0.596. The standard InChI is InChI=1S/C63H42N4OSi/c1-4-19-49(20-5-1)69(50-21-6-2-7-22-50,51-23-8-3-9-24-51)52-38-33-44(34-39-52)62-64-61(43-31-36-48(37-32-43)67-57-28-13-10-25-53(57)54-26-11-14-29-58(54)67)65-63(66-62)47-18-16-17-45(41-47)46-35-40-56-55-27-12-15-30-59(55)68-60(56)42-46/h1-42H. The van der Waals surface area contributed by atoms with Crippen LogP contribution >= 0.6 is 0 Å². The topological polar surface area (TPSA) is 56.7 Å². The number of hydrogen-bond acceptors (Lipinski definition) is 4. The van der Waals surface area contributed by atoms with Crippen molar-refractivity contribution in [2.75, 3.05) is 0 Å². The highest BCUT2D eigenvalue weighted by Crippen LogP contribution is 2.35. The van der Waals surface area contributed by atoms with Gasteiger partial charge < -0.3 is 8.98 Å². The summed E-state index contributed by atoms with van der Waals surface area (Å²) in [6, 6.07) is 90.9. The molecule has 13 rings (SSSR count). The third-order valence-electron chi connectivity index (χ3n) is 13.6. The van der Waals surface area contributed by atoms with Crippen molar-refractivity contribution in [3.63, 3.8) is 0 Å². The second-order valence-corrected chi connectivity index (χ2v) is 21.3. The maximum absolute atomic E-state index is 6.31. The maximum Gasteiger partial charge on any atom is 0.179 e. The summed E-state index contributed by atoms with van der Waals surface area (Å²) in [4.78, 5) is 15.8. The van der Waals surface area contributed by atoms with Crippen LogP contribution in [0.3, 0.4) is 0 Å². The van der Waals surface area contributed by atoms with Crippen molar-refractivity contribution in [3.8, 4) is 51.0 Å². The van der Waals surface area contributed by atoms with E-state index >= 15 is 0 Å². The minimum atomic E-state index is -2.74. The Hall–Kier alpha value is -8.97. The van der Waals surface area contributed by atoms with Crippen LogP contribution < -0.4 is 20.7 Å². The summed E-state index contributed by atoms with van der Waals surface area (Å²) in [5.41, 5.74) is 9.94. The van der Waals surface area contributed by atoms with E-state index in [1.807, 2.05) is 12.1 Å². The first-order valence-electron chi connectivity index (χ1n) is 23.3. The van der Waals surface area contributed by atoms with Crippen molar-refractivity contribution in [2.24, 2.45) is 0 Å². The second-order valence-electron chi connectivity index (χ2n) is 17.5. The molecule has 3 heterocycles. The predicted octanol–water partition coefficient (Wildman–Crippen LogP) is 12.9. The van der Waals surface area contributed by atoms with Crippen LogP contribution in [0.15, 0.2) is 259 Å². The molecule has 69 heavy (non-hydrogen) atoms. The molecule has 0 aliphatic carbocycles. The second kappa shape index (κ2) is 16.7. The van der Waals surface area contributed by atoms with Gasteiger partial charge in [0.25, 0.3) is 0 Å². The number of fused-ring (bicyclic) bond motifs is 6. The highest BCUT2D eigenvalue weighted by molar-refractivity contribution is 7.19. The van der Waals surface area contributed by atoms with Gasteiger partial charge in [0.15, 0.2) is 25.5 Å². The van der Waals surface area contributed by atoms with Gasteiger partial charge in [-0.15, -0.1) is 0 Å². The zero-order chi connectivity index (χ0) is 45.7. The van der Waals surface area contributed by atoms with Gasteiger partial charge in [0.2, 0.25) is 0 Å². The van der Waals surface area contributed by atoms with E-state index < -0.39 is 8.07 Å². The average Bonchev–Trinajstić information content (AvgIpc) is 3.98. The highest BCUT2D eigenvalue weighted by Gasteiger charge is 2.41. The molecule has 0 saturated carbocycles. The highest BCUT2D eigenvalue weighted by atomic mass is 28.3. The van der Waals surface area contributed by atoms with Crippen LogP contribution in [-0.4, -0.2) is 27.6 Å². The van der Waals surface area contributed by atoms with Crippen LogP contribution in [0.2, 0.25) is 0 Å². The fourth-order valence-corrected chi connectivity index (χ4v) is 15.1. The third kappa shape index (κ3) is 6.88. The molecule has 0 atom stereocenters. The monoisotopic (exact) mass is 898 g/mol. The number of aromatic nitrogens is 4. The van der Waals surface area contributed by atoms with E-state index in [1.54, 1.807) is 0 Å². The molecule has 0 spiro atoms. The van der Waals surface area contributed by atoms with Crippen LogP contribution in [-0.2, 0) is 0 Å². The molecule has 0 bridgehead atoms. The Morgan fingerprint density at radius 3 is 1.29 bits per heavy atom. The number of hydrogen-bond donors (Lipinski definition) is 0. The lowest BCUT2D eigenvalue weighted by molar-refractivity contribution is 0.669.